The van der Waals surface area contributed by atoms with E-state index in [0.29, 0.717) is 13.2 Å². The average Bonchev–Trinajstić information content (AvgIpc) is 3.02. The number of nitrogens with zero attached hydrogens (tertiary/aromatic N) is 1. The van der Waals surface area contributed by atoms with Crippen molar-refractivity contribution in [2.24, 2.45) is 0 Å². The molecule has 0 fully saturated rings. The van der Waals surface area contributed by atoms with Gasteiger partial charge in [0, 0.05) is 31.2 Å². The average molecular weight is 360 g/mol. The van der Waals surface area contributed by atoms with Gasteiger partial charge in [-0.2, -0.15) is 0 Å². The van der Waals surface area contributed by atoms with Gasteiger partial charge in [0.2, 0.25) is 5.91 Å². The van der Waals surface area contributed by atoms with E-state index >= 15 is 0 Å². The van der Waals surface area contributed by atoms with Gasteiger partial charge in [0.1, 0.15) is 12.4 Å². The van der Waals surface area contributed by atoms with Crippen molar-refractivity contribution in [3.63, 3.8) is 0 Å². The SMILES string of the molecule is COCCC(C)NC(=O)/C=C/c1ccc(OCc2csc(C)n2)cc1. The van der Waals surface area contributed by atoms with Crippen LogP contribution in [0, 0.1) is 6.92 Å². The Morgan fingerprint density at radius 2 is 2.12 bits per heavy atom. The van der Waals surface area contributed by atoms with E-state index in [0.717, 1.165) is 28.4 Å². The fourth-order valence-corrected chi connectivity index (χ4v) is 2.73. The van der Waals surface area contributed by atoms with Gasteiger partial charge >= 0.3 is 0 Å². The molecule has 2 rings (SSSR count). The van der Waals surface area contributed by atoms with Crippen molar-refractivity contribution in [1.82, 2.24) is 10.3 Å². The molecular weight excluding hydrogens is 336 g/mol. The molecule has 0 saturated heterocycles. The molecule has 0 radical (unpaired) electrons. The summed E-state index contributed by atoms with van der Waals surface area (Å²) in [5.74, 6) is 0.670. The molecular formula is C19H24N2O3S. The van der Waals surface area contributed by atoms with Crippen LogP contribution in [0.1, 0.15) is 29.6 Å². The molecule has 1 atom stereocenters. The third kappa shape index (κ3) is 7.07. The highest BCUT2D eigenvalue weighted by Crippen LogP contribution is 2.16. The van der Waals surface area contributed by atoms with Crippen molar-refractivity contribution >= 4 is 23.3 Å². The molecule has 0 bridgehead atoms. The van der Waals surface area contributed by atoms with Crippen LogP contribution in [-0.2, 0) is 16.1 Å². The van der Waals surface area contributed by atoms with E-state index in [1.807, 2.05) is 43.5 Å². The molecule has 1 heterocycles. The fraction of sp³-hybridized carbons (Fsp3) is 0.368. The standard InChI is InChI=1S/C19H24N2O3S/c1-14(10-11-23-3)20-19(22)9-6-16-4-7-18(8-5-16)24-12-17-13-25-15(2)21-17/h4-9,13-14H,10-12H2,1-3H3,(H,20,22)/b9-6+. The van der Waals surface area contributed by atoms with Gasteiger partial charge in [-0.05, 0) is 44.0 Å². The molecule has 0 saturated carbocycles. The summed E-state index contributed by atoms with van der Waals surface area (Å²) in [5, 5.41) is 5.94. The second-order valence-electron chi connectivity index (χ2n) is 5.74. The van der Waals surface area contributed by atoms with Gasteiger partial charge in [-0.3, -0.25) is 4.79 Å². The molecule has 5 nitrogen and oxygen atoms in total. The number of carbonyl (C=O) groups is 1. The molecule has 2 aromatic rings. The maximum Gasteiger partial charge on any atom is 0.244 e. The van der Waals surface area contributed by atoms with Crippen LogP contribution in [0.5, 0.6) is 5.75 Å². The molecule has 1 unspecified atom stereocenters. The molecule has 1 amide bonds. The molecule has 6 heteroatoms. The van der Waals surface area contributed by atoms with E-state index in [2.05, 4.69) is 10.3 Å². The van der Waals surface area contributed by atoms with E-state index in [1.54, 1.807) is 24.5 Å². The van der Waals surface area contributed by atoms with Crippen molar-refractivity contribution in [3.8, 4) is 5.75 Å². The van der Waals surface area contributed by atoms with Gasteiger partial charge in [-0.15, -0.1) is 11.3 Å². The normalized spacial score (nSPS) is 12.3. The summed E-state index contributed by atoms with van der Waals surface area (Å²) >= 11 is 1.61. The lowest BCUT2D eigenvalue weighted by atomic mass is 10.2. The lowest BCUT2D eigenvalue weighted by Crippen LogP contribution is -2.31. The highest BCUT2D eigenvalue weighted by atomic mass is 32.1. The molecule has 0 spiro atoms. The van der Waals surface area contributed by atoms with Gasteiger partial charge in [0.15, 0.2) is 0 Å². The topological polar surface area (TPSA) is 60.5 Å². The van der Waals surface area contributed by atoms with E-state index in [9.17, 15) is 4.79 Å². The number of rotatable bonds is 9. The summed E-state index contributed by atoms with van der Waals surface area (Å²) < 4.78 is 10.7. The van der Waals surface area contributed by atoms with Crippen LogP contribution in [0.25, 0.3) is 6.08 Å². The third-order valence-electron chi connectivity index (χ3n) is 3.50. The minimum absolute atomic E-state index is 0.0854. The number of ether oxygens (including phenoxy) is 2. The van der Waals surface area contributed by atoms with Crippen LogP contribution in [0.3, 0.4) is 0 Å². The summed E-state index contributed by atoms with van der Waals surface area (Å²) in [6.07, 6.45) is 4.11. The zero-order chi connectivity index (χ0) is 18.1. The number of methoxy groups -OCH3 is 1. The highest BCUT2D eigenvalue weighted by Gasteiger charge is 2.04. The Morgan fingerprint density at radius 3 is 2.76 bits per heavy atom. The summed E-state index contributed by atoms with van der Waals surface area (Å²) in [5.41, 5.74) is 1.88. The smallest absolute Gasteiger partial charge is 0.244 e. The van der Waals surface area contributed by atoms with Crippen LogP contribution in [0.15, 0.2) is 35.7 Å². The summed E-state index contributed by atoms with van der Waals surface area (Å²) in [6, 6.07) is 7.69. The van der Waals surface area contributed by atoms with Gasteiger partial charge < -0.3 is 14.8 Å². The van der Waals surface area contributed by atoms with Crippen LogP contribution in [-0.4, -0.2) is 30.6 Å². The lowest BCUT2D eigenvalue weighted by molar-refractivity contribution is -0.117. The molecule has 1 aromatic carbocycles. The van der Waals surface area contributed by atoms with Crippen molar-refractivity contribution in [2.75, 3.05) is 13.7 Å². The van der Waals surface area contributed by atoms with Gasteiger partial charge in [-0.1, -0.05) is 12.1 Å². The Bertz CT molecular complexity index is 695. The van der Waals surface area contributed by atoms with E-state index in [-0.39, 0.29) is 11.9 Å². The first-order valence-electron chi connectivity index (χ1n) is 8.18. The zero-order valence-electron chi connectivity index (χ0n) is 14.8. The number of aryl methyl sites for hydroxylation is 1. The first kappa shape index (κ1) is 19.1. The number of hydrogen-bond donors (Lipinski definition) is 1. The predicted octanol–water partition coefficient (Wildman–Crippen LogP) is 3.58. The van der Waals surface area contributed by atoms with Crippen molar-refractivity contribution in [3.05, 3.63) is 52.0 Å². The largest absolute Gasteiger partial charge is 0.487 e. The van der Waals surface area contributed by atoms with Gasteiger partial charge in [-0.25, -0.2) is 4.98 Å². The maximum atomic E-state index is 11.8. The minimum atomic E-state index is -0.108. The van der Waals surface area contributed by atoms with E-state index in [4.69, 9.17) is 9.47 Å². The highest BCUT2D eigenvalue weighted by molar-refractivity contribution is 7.09. The van der Waals surface area contributed by atoms with E-state index in [1.165, 1.54) is 6.08 Å². The van der Waals surface area contributed by atoms with Crippen molar-refractivity contribution in [2.45, 2.75) is 32.9 Å². The summed E-state index contributed by atoms with van der Waals surface area (Å²) in [7, 11) is 1.65. The Balaban J connectivity index is 1.79. The fourth-order valence-electron chi connectivity index (χ4n) is 2.14. The molecule has 1 N–H and O–H groups in total. The first-order chi connectivity index (χ1) is 12.1. The number of amides is 1. The number of carbonyl (C=O) groups excluding carboxylic acids is 1. The third-order valence-corrected chi connectivity index (χ3v) is 4.33. The minimum Gasteiger partial charge on any atom is -0.487 e. The van der Waals surface area contributed by atoms with E-state index < -0.39 is 0 Å². The molecule has 0 aliphatic heterocycles. The van der Waals surface area contributed by atoms with Gasteiger partial charge in [0.05, 0.1) is 10.7 Å². The molecule has 1 aromatic heterocycles. The second kappa shape index (κ2) is 9.96. The molecule has 25 heavy (non-hydrogen) atoms. The number of nitrogens with one attached hydrogen (secondary N) is 1. The lowest BCUT2D eigenvalue weighted by Gasteiger charge is -2.11. The Labute approximate surface area is 152 Å². The van der Waals surface area contributed by atoms with Gasteiger partial charge in [0.25, 0.3) is 0 Å². The summed E-state index contributed by atoms with van der Waals surface area (Å²) in [4.78, 5) is 16.2. The number of benzene rings is 1. The predicted molar refractivity (Wildman–Crippen MR) is 101 cm³/mol. The van der Waals surface area contributed by atoms with Crippen LogP contribution < -0.4 is 10.1 Å². The summed E-state index contributed by atoms with van der Waals surface area (Å²) in [6.45, 7) is 5.03. The van der Waals surface area contributed by atoms with Crippen LogP contribution in [0.2, 0.25) is 0 Å². The maximum absolute atomic E-state index is 11.8. The van der Waals surface area contributed by atoms with Crippen molar-refractivity contribution < 1.29 is 14.3 Å². The molecule has 0 aliphatic rings. The van der Waals surface area contributed by atoms with Crippen molar-refractivity contribution in [1.29, 1.82) is 0 Å². The number of hydrogen-bond acceptors (Lipinski definition) is 5. The number of aromatic nitrogens is 1. The second-order valence-corrected chi connectivity index (χ2v) is 6.80. The quantitative estimate of drug-likeness (QED) is 0.694. The first-order valence-corrected chi connectivity index (χ1v) is 9.06. The monoisotopic (exact) mass is 360 g/mol. The Morgan fingerprint density at radius 1 is 1.36 bits per heavy atom. The Kier molecular flexibility index (Phi) is 7.63. The van der Waals surface area contributed by atoms with Crippen LogP contribution in [0.4, 0.5) is 0 Å². The zero-order valence-corrected chi connectivity index (χ0v) is 15.6. The molecule has 0 aliphatic carbocycles. The Hall–Kier alpha value is -2.18. The number of thiazole rings is 1. The molecule has 134 valence electrons. The van der Waals surface area contributed by atoms with Crippen LogP contribution >= 0.6 is 11.3 Å².